The first-order valence-corrected chi connectivity index (χ1v) is 12.1. The maximum absolute atomic E-state index is 8.33. The van der Waals surface area contributed by atoms with Crippen LogP contribution in [-0.2, 0) is 9.47 Å². The predicted molar refractivity (Wildman–Crippen MR) is 129 cm³/mol. The fourth-order valence-corrected chi connectivity index (χ4v) is 5.01. The highest BCUT2D eigenvalue weighted by Gasteiger charge is 2.24. The second kappa shape index (κ2) is 11.1. The van der Waals surface area contributed by atoms with E-state index in [9.17, 15) is 0 Å². The fourth-order valence-electron chi connectivity index (χ4n) is 5.01. The summed E-state index contributed by atoms with van der Waals surface area (Å²) in [4.78, 5) is 2.50. The normalized spacial score (nSPS) is 27.4. The smallest absolute Gasteiger partial charge is 0.218 e. The molecule has 4 rings (SSSR count). The van der Waals surface area contributed by atoms with Crippen molar-refractivity contribution < 1.29 is 9.47 Å². The Hall–Kier alpha value is -2.15. The summed E-state index contributed by atoms with van der Waals surface area (Å²) < 4.78 is 11.3. The highest BCUT2D eigenvalue weighted by atomic mass is 16.5. The Labute approximate surface area is 192 Å². The number of hydrazine groups is 1. The van der Waals surface area contributed by atoms with Gasteiger partial charge in [0, 0.05) is 32.0 Å². The third-order valence-corrected chi connectivity index (χ3v) is 7.10. The molecule has 2 N–H and O–H groups in total. The number of ether oxygens (including phenoxy) is 2. The highest BCUT2D eigenvalue weighted by Crippen LogP contribution is 2.32. The molecule has 6 heteroatoms. The lowest BCUT2D eigenvalue weighted by Crippen LogP contribution is -2.37. The Bertz CT molecular complexity index is 818. The van der Waals surface area contributed by atoms with Gasteiger partial charge >= 0.3 is 0 Å². The Morgan fingerprint density at radius 1 is 1.22 bits per heavy atom. The quantitative estimate of drug-likeness (QED) is 0.268. The minimum atomic E-state index is 0.232. The molecular formula is C26H38N4O2. The van der Waals surface area contributed by atoms with E-state index in [2.05, 4.69) is 51.9 Å². The number of nitrogens with zero attached hydrogens (tertiary/aromatic N) is 2. The lowest BCUT2D eigenvalue weighted by atomic mass is 9.82. The second-order valence-corrected chi connectivity index (χ2v) is 9.21. The number of allylic oxidation sites excluding steroid dienone is 2. The zero-order valence-corrected chi connectivity index (χ0v) is 19.6. The first-order chi connectivity index (χ1) is 15.6. The van der Waals surface area contributed by atoms with Crippen LogP contribution in [-0.4, -0.2) is 61.2 Å². The average molecular weight is 439 g/mol. The van der Waals surface area contributed by atoms with Crippen LogP contribution in [0.4, 0.5) is 0 Å². The van der Waals surface area contributed by atoms with Gasteiger partial charge in [-0.2, -0.15) is 0 Å². The SMILES string of the molecule is COC1CC=C(C2CCN(C/C=C(\C)OC(=N)C3=CCC(N4C=CCN4)C=C3)CC2)CC1. The molecule has 0 amide bonds. The Morgan fingerprint density at radius 3 is 2.69 bits per heavy atom. The molecule has 6 nitrogen and oxygen atoms in total. The van der Waals surface area contributed by atoms with Crippen molar-refractivity contribution >= 4 is 5.90 Å². The zero-order valence-electron chi connectivity index (χ0n) is 19.6. The summed E-state index contributed by atoms with van der Waals surface area (Å²) in [5.41, 5.74) is 5.83. The number of rotatable bonds is 7. The number of likely N-dealkylation sites (tertiary alicyclic amines) is 1. The lowest BCUT2D eigenvalue weighted by molar-refractivity contribution is 0.0915. The second-order valence-electron chi connectivity index (χ2n) is 9.21. The lowest BCUT2D eigenvalue weighted by Gasteiger charge is -2.34. The van der Waals surface area contributed by atoms with Crippen LogP contribution >= 0.6 is 0 Å². The van der Waals surface area contributed by atoms with E-state index in [4.69, 9.17) is 14.9 Å². The molecule has 2 aliphatic heterocycles. The van der Waals surface area contributed by atoms with Gasteiger partial charge in [0.25, 0.3) is 0 Å². The van der Waals surface area contributed by atoms with Crippen LogP contribution in [0, 0.1) is 11.3 Å². The Kier molecular flexibility index (Phi) is 8.00. The summed E-state index contributed by atoms with van der Waals surface area (Å²) in [6, 6.07) is 0.302. The van der Waals surface area contributed by atoms with Crippen molar-refractivity contribution in [3.63, 3.8) is 0 Å². The minimum Gasteiger partial charge on any atom is -0.444 e. The van der Waals surface area contributed by atoms with Crippen molar-refractivity contribution in [3.8, 4) is 0 Å². The van der Waals surface area contributed by atoms with Crippen LogP contribution in [0.25, 0.3) is 0 Å². The van der Waals surface area contributed by atoms with Crippen LogP contribution in [0.15, 0.2) is 59.6 Å². The molecule has 0 aromatic rings. The number of piperidine rings is 1. The van der Waals surface area contributed by atoms with E-state index in [0.29, 0.717) is 12.1 Å². The molecule has 0 bridgehead atoms. The van der Waals surface area contributed by atoms with Gasteiger partial charge in [-0.1, -0.05) is 36.0 Å². The zero-order chi connectivity index (χ0) is 22.3. The van der Waals surface area contributed by atoms with E-state index < -0.39 is 0 Å². The third-order valence-electron chi connectivity index (χ3n) is 7.10. The Morgan fingerprint density at radius 2 is 2.06 bits per heavy atom. The third kappa shape index (κ3) is 6.00. The van der Waals surface area contributed by atoms with E-state index >= 15 is 0 Å². The maximum Gasteiger partial charge on any atom is 0.218 e. The van der Waals surface area contributed by atoms with Crippen molar-refractivity contribution in [2.75, 3.05) is 33.3 Å². The number of nitrogens with one attached hydrogen (secondary N) is 2. The van der Waals surface area contributed by atoms with Gasteiger partial charge in [-0.05, 0) is 70.5 Å². The van der Waals surface area contributed by atoms with E-state index in [1.54, 1.807) is 5.57 Å². The summed E-state index contributed by atoms with van der Waals surface area (Å²) in [5.74, 6) is 1.78. The molecule has 1 fully saturated rings. The molecule has 0 radical (unpaired) electrons. The van der Waals surface area contributed by atoms with Crippen molar-refractivity contribution in [3.05, 3.63) is 59.6 Å². The van der Waals surface area contributed by atoms with Crippen LogP contribution in [0.3, 0.4) is 0 Å². The molecule has 32 heavy (non-hydrogen) atoms. The first-order valence-electron chi connectivity index (χ1n) is 12.1. The van der Waals surface area contributed by atoms with Crippen molar-refractivity contribution in [1.29, 1.82) is 5.41 Å². The van der Waals surface area contributed by atoms with Gasteiger partial charge in [-0.15, -0.1) is 0 Å². The van der Waals surface area contributed by atoms with Gasteiger partial charge in [-0.3, -0.25) is 10.3 Å². The fraction of sp³-hybridized carbons (Fsp3) is 0.577. The van der Waals surface area contributed by atoms with Gasteiger partial charge in [0.15, 0.2) is 0 Å². The molecule has 2 heterocycles. The molecule has 1 saturated heterocycles. The van der Waals surface area contributed by atoms with Crippen LogP contribution in [0.1, 0.15) is 45.4 Å². The maximum atomic E-state index is 8.33. The van der Waals surface area contributed by atoms with E-state index in [0.717, 1.165) is 56.3 Å². The van der Waals surface area contributed by atoms with Gasteiger partial charge < -0.3 is 14.5 Å². The highest BCUT2D eigenvalue weighted by molar-refractivity contribution is 5.94. The summed E-state index contributed by atoms with van der Waals surface area (Å²) in [5, 5.41) is 10.4. The van der Waals surface area contributed by atoms with Crippen molar-refractivity contribution in [2.45, 2.75) is 57.6 Å². The average Bonchev–Trinajstić information content (AvgIpc) is 3.38. The summed E-state index contributed by atoms with van der Waals surface area (Å²) in [6.45, 7) is 5.99. The van der Waals surface area contributed by atoms with Crippen molar-refractivity contribution in [2.24, 2.45) is 5.92 Å². The molecule has 0 aromatic heterocycles. The molecule has 0 spiro atoms. The van der Waals surface area contributed by atoms with Crippen LogP contribution < -0.4 is 5.43 Å². The molecule has 2 atom stereocenters. The summed E-state index contributed by atoms with van der Waals surface area (Å²) >= 11 is 0. The topological polar surface area (TPSA) is 60.8 Å². The standard InChI is InChI=1S/C26H38N4O2/c1-20(32-26(27)23-4-8-24(9-5-23)30-16-3-15-28-30)12-17-29-18-13-22(14-19-29)21-6-10-25(31-2)11-7-21/h3-6,8,12,16,22,24-25,27-28H,7,9-11,13-15,17-19H2,1-2H3/b20-12+,27-26?. The molecule has 174 valence electrons. The molecule has 2 aliphatic carbocycles. The van der Waals surface area contributed by atoms with Crippen LogP contribution in [0.2, 0.25) is 0 Å². The molecule has 4 aliphatic rings. The van der Waals surface area contributed by atoms with E-state index in [1.807, 2.05) is 20.1 Å². The molecule has 0 aromatic carbocycles. The largest absolute Gasteiger partial charge is 0.444 e. The first kappa shape index (κ1) is 23.0. The minimum absolute atomic E-state index is 0.232. The van der Waals surface area contributed by atoms with Gasteiger partial charge in [0.05, 0.1) is 12.1 Å². The molecule has 2 unspecified atom stereocenters. The monoisotopic (exact) mass is 438 g/mol. The van der Waals surface area contributed by atoms with Crippen LogP contribution in [0.5, 0.6) is 0 Å². The summed E-state index contributed by atoms with van der Waals surface area (Å²) in [7, 11) is 1.83. The number of hydrogen-bond donors (Lipinski definition) is 2. The molecular weight excluding hydrogens is 400 g/mol. The van der Waals surface area contributed by atoms with Gasteiger partial charge in [-0.25, -0.2) is 5.43 Å². The van der Waals surface area contributed by atoms with Crippen molar-refractivity contribution in [1.82, 2.24) is 15.3 Å². The summed E-state index contributed by atoms with van der Waals surface area (Å²) in [6.07, 6.45) is 22.2. The number of hydrogen-bond acceptors (Lipinski definition) is 6. The number of methoxy groups -OCH3 is 1. The predicted octanol–water partition coefficient (Wildman–Crippen LogP) is 4.31. The van der Waals surface area contributed by atoms with E-state index in [1.165, 1.54) is 25.7 Å². The van der Waals surface area contributed by atoms with Gasteiger partial charge in [0.1, 0.15) is 5.76 Å². The van der Waals surface area contributed by atoms with E-state index in [-0.39, 0.29) is 5.90 Å². The van der Waals surface area contributed by atoms with Gasteiger partial charge in [0.2, 0.25) is 5.90 Å². The Balaban J connectivity index is 1.18. The molecule has 0 saturated carbocycles.